The van der Waals surface area contributed by atoms with Gasteiger partial charge in [-0.2, -0.15) is 0 Å². The van der Waals surface area contributed by atoms with Crippen molar-refractivity contribution in [2.24, 2.45) is 5.11 Å². The van der Waals surface area contributed by atoms with Crippen molar-refractivity contribution in [3.8, 4) is 5.75 Å². The minimum Gasteiger partial charge on any atom is -0.485 e. The Labute approximate surface area is 120 Å². The first kappa shape index (κ1) is 15.0. The van der Waals surface area contributed by atoms with Gasteiger partial charge in [-0.05, 0) is 32.1 Å². The third-order valence-corrected chi connectivity index (χ3v) is 2.44. The highest BCUT2D eigenvalue weighted by atomic mass is 19.1. The summed E-state index contributed by atoms with van der Waals surface area (Å²) in [6, 6.07) is 2.94. The van der Waals surface area contributed by atoms with Gasteiger partial charge in [0.25, 0.3) is 12.2 Å². The van der Waals surface area contributed by atoms with Gasteiger partial charge in [-0.25, -0.2) is 14.3 Å². The Balaban J connectivity index is 2.10. The summed E-state index contributed by atoms with van der Waals surface area (Å²) in [6.45, 7) is 3.64. The Hall–Kier alpha value is -2.44. The van der Waals surface area contributed by atoms with Crippen LogP contribution in [0, 0.1) is 17.2 Å². The van der Waals surface area contributed by atoms with Crippen molar-refractivity contribution < 1.29 is 23.0 Å². The van der Waals surface area contributed by atoms with Gasteiger partial charge in [-0.3, -0.25) is 0 Å². The summed E-state index contributed by atoms with van der Waals surface area (Å²) in [5.41, 5.74) is 7.06. The standard InChI is InChI=1S/C14H14F2N2O3/c1-8(2)19-12-5-6-13(21-14(12)18-17)20-11-4-3-9(15)7-10(11)16/h3-8,13,17H,1-2H3. The summed E-state index contributed by atoms with van der Waals surface area (Å²) in [7, 11) is 0. The van der Waals surface area contributed by atoms with Crippen molar-refractivity contribution in [3.63, 3.8) is 0 Å². The molecule has 1 aromatic rings. The molecule has 0 saturated carbocycles. The van der Waals surface area contributed by atoms with Crippen molar-refractivity contribution in [2.45, 2.75) is 26.2 Å². The lowest BCUT2D eigenvalue weighted by atomic mass is 10.3. The highest BCUT2D eigenvalue weighted by molar-refractivity contribution is 5.26. The summed E-state index contributed by atoms with van der Waals surface area (Å²) in [6.07, 6.45) is 1.92. The number of rotatable bonds is 5. The minimum atomic E-state index is -0.978. The second-order valence-corrected chi connectivity index (χ2v) is 4.49. The van der Waals surface area contributed by atoms with Crippen molar-refractivity contribution in [1.82, 2.24) is 0 Å². The molecule has 0 aromatic heterocycles. The third-order valence-electron chi connectivity index (χ3n) is 2.44. The predicted molar refractivity (Wildman–Crippen MR) is 69.4 cm³/mol. The first-order valence-corrected chi connectivity index (χ1v) is 6.24. The zero-order valence-electron chi connectivity index (χ0n) is 11.5. The zero-order valence-corrected chi connectivity index (χ0v) is 11.5. The summed E-state index contributed by atoms with van der Waals surface area (Å²) in [4.78, 5) is 0. The molecule has 0 fully saturated rings. The molecule has 1 aliphatic rings. The van der Waals surface area contributed by atoms with Crippen molar-refractivity contribution in [3.05, 3.63) is 53.6 Å². The second kappa shape index (κ2) is 6.34. The molecule has 1 atom stereocenters. The molecule has 5 nitrogen and oxygen atoms in total. The molecule has 0 bridgehead atoms. The van der Waals surface area contributed by atoms with Crippen molar-refractivity contribution in [1.29, 1.82) is 5.53 Å². The van der Waals surface area contributed by atoms with Crippen LogP contribution < -0.4 is 4.74 Å². The zero-order chi connectivity index (χ0) is 15.4. The van der Waals surface area contributed by atoms with Crippen molar-refractivity contribution >= 4 is 0 Å². The molecule has 1 N–H and O–H groups in total. The molecule has 7 heteroatoms. The molecule has 1 aromatic carbocycles. The van der Waals surface area contributed by atoms with Crippen LogP contribution in [0.4, 0.5) is 8.78 Å². The normalized spacial score (nSPS) is 17.7. The number of hydrogen-bond donors (Lipinski definition) is 1. The molecule has 1 aliphatic heterocycles. The first-order chi connectivity index (χ1) is 9.99. The van der Waals surface area contributed by atoms with Gasteiger partial charge in [0, 0.05) is 12.1 Å². The highest BCUT2D eigenvalue weighted by Gasteiger charge is 2.21. The van der Waals surface area contributed by atoms with E-state index in [2.05, 4.69) is 5.11 Å². The van der Waals surface area contributed by atoms with Gasteiger partial charge in [-0.15, -0.1) is 5.11 Å². The van der Waals surface area contributed by atoms with Crippen LogP contribution in [0.5, 0.6) is 5.75 Å². The number of halogens is 2. The smallest absolute Gasteiger partial charge is 0.278 e. The SMILES string of the molecule is CC(C)OC1=C(N=N)OC(Oc2ccc(F)cc2F)C=C1. The van der Waals surface area contributed by atoms with Crippen LogP contribution in [-0.2, 0) is 9.47 Å². The van der Waals surface area contributed by atoms with E-state index in [4.69, 9.17) is 19.7 Å². The van der Waals surface area contributed by atoms with E-state index in [-0.39, 0.29) is 17.7 Å². The Morgan fingerprint density at radius 3 is 2.71 bits per heavy atom. The Morgan fingerprint density at radius 2 is 2.10 bits per heavy atom. The number of allylic oxidation sites excluding steroid dienone is 1. The maximum atomic E-state index is 13.5. The number of benzene rings is 1. The topological polar surface area (TPSA) is 63.9 Å². The number of nitrogens with zero attached hydrogens (tertiary/aromatic N) is 1. The van der Waals surface area contributed by atoms with Crippen LogP contribution in [0.1, 0.15) is 13.8 Å². The molecule has 0 radical (unpaired) electrons. The van der Waals surface area contributed by atoms with Crippen LogP contribution in [0.25, 0.3) is 0 Å². The quantitative estimate of drug-likeness (QED) is 0.839. The summed E-state index contributed by atoms with van der Waals surface area (Å²) < 4.78 is 42.2. The van der Waals surface area contributed by atoms with E-state index in [1.165, 1.54) is 12.2 Å². The van der Waals surface area contributed by atoms with E-state index in [1.807, 2.05) is 13.8 Å². The lowest BCUT2D eigenvalue weighted by Crippen LogP contribution is -2.22. The molecular weight excluding hydrogens is 282 g/mol. The number of ether oxygens (including phenoxy) is 3. The molecule has 0 spiro atoms. The van der Waals surface area contributed by atoms with Crippen molar-refractivity contribution in [2.75, 3.05) is 0 Å². The minimum absolute atomic E-state index is 0.0706. The van der Waals surface area contributed by atoms with Gasteiger partial charge >= 0.3 is 0 Å². The van der Waals surface area contributed by atoms with Crippen LogP contribution in [0.3, 0.4) is 0 Å². The van der Waals surface area contributed by atoms with E-state index in [0.717, 1.165) is 12.1 Å². The fraction of sp³-hybridized carbons (Fsp3) is 0.286. The molecular formula is C14H14F2N2O3. The number of nitrogens with one attached hydrogen (secondary N) is 1. The first-order valence-electron chi connectivity index (χ1n) is 6.24. The van der Waals surface area contributed by atoms with Gasteiger partial charge in [0.05, 0.1) is 6.10 Å². The van der Waals surface area contributed by atoms with Crippen LogP contribution in [0.2, 0.25) is 0 Å². The molecule has 1 heterocycles. The Morgan fingerprint density at radius 1 is 1.33 bits per heavy atom. The van der Waals surface area contributed by atoms with E-state index < -0.39 is 17.9 Å². The monoisotopic (exact) mass is 296 g/mol. The van der Waals surface area contributed by atoms with Gasteiger partial charge in [0.2, 0.25) is 0 Å². The molecule has 0 aliphatic carbocycles. The fourth-order valence-electron chi connectivity index (χ4n) is 1.63. The maximum Gasteiger partial charge on any atom is 0.278 e. The molecule has 112 valence electrons. The van der Waals surface area contributed by atoms with Gasteiger partial charge in [0.15, 0.2) is 17.3 Å². The highest BCUT2D eigenvalue weighted by Crippen LogP contribution is 2.25. The lowest BCUT2D eigenvalue weighted by Gasteiger charge is -2.22. The Bertz CT molecular complexity index is 600. The van der Waals surface area contributed by atoms with E-state index in [0.29, 0.717) is 11.8 Å². The van der Waals surface area contributed by atoms with E-state index in [1.54, 1.807) is 0 Å². The fourth-order valence-corrected chi connectivity index (χ4v) is 1.63. The van der Waals surface area contributed by atoms with Gasteiger partial charge in [-0.1, -0.05) is 0 Å². The molecule has 2 rings (SSSR count). The average Bonchev–Trinajstić information content (AvgIpc) is 2.43. The summed E-state index contributed by atoms with van der Waals surface area (Å²) in [5.74, 6) is -1.49. The predicted octanol–water partition coefficient (Wildman–Crippen LogP) is 3.88. The molecule has 1 unspecified atom stereocenters. The van der Waals surface area contributed by atoms with Crippen LogP contribution in [-0.4, -0.2) is 12.4 Å². The average molecular weight is 296 g/mol. The van der Waals surface area contributed by atoms with Crippen LogP contribution in [0.15, 0.2) is 47.1 Å². The molecule has 0 amide bonds. The van der Waals surface area contributed by atoms with Gasteiger partial charge in [0.1, 0.15) is 5.82 Å². The number of hydrogen-bond acceptors (Lipinski definition) is 5. The largest absolute Gasteiger partial charge is 0.485 e. The van der Waals surface area contributed by atoms with Gasteiger partial charge < -0.3 is 14.2 Å². The third kappa shape index (κ3) is 3.77. The lowest BCUT2D eigenvalue weighted by molar-refractivity contribution is -0.0248. The maximum absolute atomic E-state index is 13.5. The van der Waals surface area contributed by atoms with Crippen LogP contribution >= 0.6 is 0 Å². The molecule has 0 saturated heterocycles. The second-order valence-electron chi connectivity index (χ2n) is 4.49. The van der Waals surface area contributed by atoms with E-state index in [9.17, 15) is 8.78 Å². The summed E-state index contributed by atoms with van der Waals surface area (Å²) in [5, 5.41) is 3.21. The molecule has 21 heavy (non-hydrogen) atoms. The Kier molecular flexibility index (Phi) is 4.52. The van der Waals surface area contributed by atoms with E-state index >= 15 is 0 Å². The summed E-state index contributed by atoms with van der Waals surface area (Å²) >= 11 is 0.